The van der Waals surface area contributed by atoms with Crippen LogP contribution in [-0.2, 0) is 0 Å². The van der Waals surface area contributed by atoms with Crippen LogP contribution >= 0.6 is 0 Å². The molecule has 0 aliphatic heterocycles. The summed E-state index contributed by atoms with van der Waals surface area (Å²) in [5.41, 5.74) is 15.8. The van der Waals surface area contributed by atoms with Crippen molar-refractivity contribution in [1.29, 1.82) is 0 Å². The quantitative estimate of drug-likeness (QED) is 0.163. The van der Waals surface area contributed by atoms with Gasteiger partial charge < -0.3 is 4.42 Å². The van der Waals surface area contributed by atoms with Gasteiger partial charge in [-0.2, -0.15) is 0 Å². The van der Waals surface area contributed by atoms with Crippen LogP contribution in [0.2, 0.25) is 0 Å². The van der Waals surface area contributed by atoms with Gasteiger partial charge in [-0.3, -0.25) is 0 Å². The molecule has 0 unspecified atom stereocenters. The van der Waals surface area contributed by atoms with Crippen LogP contribution in [-0.4, -0.2) is 9.97 Å². The lowest BCUT2D eigenvalue weighted by molar-refractivity contribution is 0.669. The molecule has 0 fully saturated rings. The highest BCUT2D eigenvalue weighted by Crippen LogP contribution is 2.39. The van der Waals surface area contributed by atoms with Gasteiger partial charge in [-0.25, -0.2) is 9.97 Å². The molecule has 2 heterocycles. The van der Waals surface area contributed by atoms with Crippen LogP contribution in [0.1, 0.15) is 0 Å². The molecule has 276 valence electrons. The first-order valence-electron chi connectivity index (χ1n) is 20.0. The lowest BCUT2D eigenvalue weighted by Gasteiger charge is -2.13. The first kappa shape index (κ1) is 34.4. The Morgan fingerprint density at radius 1 is 0.271 bits per heavy atom. The van der Waals surface area contributed by atoms with E-state index < -0.39 is 0 Å². The minimum absolute atomic E-state index is 0.683. The lowest BCUT2D eigenvalue weighted by Crippen LogP contribution is -1.96. The van der Waals surface area contributed by atoms with Gasteiger partial charge in [-0.15, -0.1) is 0 Å². The molecular weight excluding hydrogens is 717 g/mol. The molecule has 59 heavy (non-hydrogen) atoms. The molecule has 9 aromatic carbocycles. The van der Waals surface area contributed by atoms with Crippen molar-refractivity contribution in [2.45, 2.75) is 0 Å². The molecule has 0 aliphatic rings. The van der Waals surface area contributed by atoms with Crippen molar-refractivity contribution in [3.8, 4) is 78.4 Å². The minimum Gasteiger partial charge on any atom is -0.456 e. The van der Waals surface area contributed by atoms with E-state index in [-0.39, 0.29) is 0 Å². The van der Waals surface area contributed by atoms with Crippen molar-refractivity contribution in [3.05, 3.63) is 218 Å². The van der Waals surface area contributed by atoms with Crippen LogP contribution in [0.15, 0.2) is 223 Å². The van der Waals surface area contributed by atoms with Crippen molar-refractivity contribution in [2.24, 2.45) is 0 Å². The number of aromatic nitrogens is 2. The Labute approximate surface area is 342 Å². The van der Waals surface area contributed by atoms with E-state index in [0.29, 0.717) is 5.82 Å². The van der Waals surface area contributed by atoms with Gasteiger partial charge in [0.05, 0.1) is 11.4 Å². The zero-order valence-corrected chi connectivity index (χ0v) is 32.1. The predicted octanol–water partition coefficient (Wildman–Crippen LogP) is 15.2. The Hall–Kier alpha value is -7.88. The number of rotatable bonds is 7. The molecule has 0 saturated carbocycles. The molecule has 0 spiro atoms. The Bertz CT molecular complexity index is 3300. The Balaban J connectivity index is 1.01. The average molecular weight is 753 g/mol. The molecule has 2 aromatic heterocycles. The maximum atomic E-state index is 6.34. The van der Waals surface area contributed by atoms with Crippen molar-refractivity contribution >= 4 is 32.7 Å². The predicted molar refractivity (Wildman–Crippen MR) is 245 cm³/mol. The minimum atomic E-state index is 0.683. The lowest BCUT2D eigenvalue weighted by atomic mass is 9.92. The summed E-state index contributed by atoms with van der Waals surface area (Å²) in [6.45, 7) is 0. The van der Waals surface area contributed by atoms with E-state index in [1.54, 1.807) is 0 Å². The van der Waals surface area contributed by atoms with Crippen LogP contribution in [0.25, 0.3) is 111 Å². The zero-order valence-electron chi connectivity index (χ0n) is 32.1. The standard InChI is InChI=1S/C56H36N2O/c1-4-13-37(14-5-1)43-20-12-21-44(31-43)48-33-46(38-15-6-2-7-16-38)32-47(34-48)39-23-25-41(26-24-39)51-36-52(58-56(57-51)42-18-8-3-9-19-42)45-28-29-53-50(35-45)55-49-22-11-10-17-40(49)27-30-54(55)59-53/h1-36H. The molecule has 3 nitrogen and oxygen atoms in total. The first-order valence-corrected chi connectivity index (χ1v) is 20.0. The van der Waals surface area contributed by atoms with Crippen LogP contribution < -0.4 is 0 Å². The zero-order chi connectivity index (χ0) is 39.1. The molecule has 11 aromatic rings. The van der Waals surface area contributed by atoms with E-state index in [1.807, 2.05) is 18.2 Å². The van der Waals surface area contributed by atoms with Gasteiger partial charge in [-0.05, 0) is 110 Å². The highest BCUT2D eigenvalue weighted by Gasteiger charge is 2.16. The number of furan rings is 1. The summed E-state index contributed by atoms with van der Waals surface area (Å²) < 4.78 is 6.34. The summed E-state index contributed by atoms with van der Waals surface area (Å²) in [6, 6.07) is 77.1. The maximum absolute atomic E-state index is 6.34. The largest absolute Gasteiger partial charge is 0.456 e. The Kier molecular flexibility index (Phi) is 8.49. The summed E-state index contributed by atoms with van der Waals surface area (Å²) in [5, 5.41) is 4.56. The second-order valence-electron chi connectivity index (χ2n) is 15.0. The first-order chi connectivity index (χ1) is 29.2. The number of nitrogens with zero attached hydrogens (tertiary/aromatic N) is 2. The van der Waals surface area contributed by atoms with Crippen molar-refractivity contribution in [2.75, 3.05) is 0 Å². The van der Waals surface area contributed by atoms with Crippen LogP contribution in [0.4, 0.5) is 0 Å². The van der Waals surface area contributed by atoms with E-state index in [2.05, 4.69) is 200 Å². The highest BCUT2D eigenvalue weighted by molar-refractivity contribution is 6.19. The third-order valence-electron chi connectivity index (χ3n) is 11.3. The maximum Gasteiger partial charge on any atom is 0.160 e. The fourth-order valence-corrected chi connectivity index (χ4v) is 8.27. The van der Waals surface area contributed by atoms with Crippen molar-refractivity contribution in [1.82, 2.24) is 9.97 Å². The number of hydrogen-bond donors (Lipinski definition) is 0. The molecule has 0 radical (unpaired) electrons. The summed E-state index contributed by atoms with van der Waals surface area (Å²) in [5.74, 6) is 0.683. The molecule has 0 bridgehead atoms. The van der Waals surface area contributed by atoms with E-state index in [9.17, 15) is 0 Å². The van der Waals surface area contributed by atoms with Gasteiger partial charge in [0, 0.05) is 27.5 Å². The van der Waals surface area contributed by atoms with E-state index in [4.69, 9.17) is 14.4 Å². The number of fused-ring (bicyclic) bond motifs is 5. The average Bonchev–Trinajstić information content (AvgIpc) is 3.71. The molecule has 0 saturated heterocycles. The fraction of sp³-hybridized carbons (Fsp3) is 0. The normalized spacial score (nSPS) is 11.4. The van der Waals surface area contributed by atoms with Gasteiger partial charge in [-0.1, -0.05) is 164 Å². The molecule has 0 N–H and O–H groups in total. The summed E-state index contributed by atoms with van der Waals surface area (Å²) in [7, 11) is 0. The Morgan fingerprint density at radius 3 is 1.44 bits per heavy atom. The SMILES string of the molecule is c1ccc(-c2cccc(-c3cc(-c4ccccc4)cc(-c4ccc(-c5cc(-c6ccc7oc8ccc9ccccc9c8c7c6)nc(-c6ccccc6)n5)cc4)c3)c2)cc1. The van der Waals surface area contributed by atoms with Crippen molar-refractivity contribution < 1.29 is 4.42 Å². The molecule has 0 atom stereocenters. The molecular formula is C56H36N2O. The van der Waals surface area contributed by atoms with Crippen LogP contribution in [0.5, 0.6) is 0 Å². The summed E-state index contributed by atoms with van der Waals surface area (Å²) >= 11 is 0. The van der Waals surface area contributed by atoms with Gasteiger partial charge >= 0.3 is 0 Å². The van der Waals surface area contributed by atoms with Crippen LogP contribution in [0, 0.1) is 0 Å². The number of benzene rings is 9. The van der Waals surface area contributed by atoms with E-state index in [1.165, 1.54) is 44.2 Å². The summed E-state index contributed by atoms with van der Waals surface area (Å²) in [4.78, 5) is 10.3. The van der Waals surface area contributed by atoms with E-state index in [0.717, 1.165) is 61.1 Å². The third-order valence-corrected chi connectivity index (χ3v) is 11.3. The van der Waals surface area contributed by atoms with Gasteiger partial charge in [0.25, 0.3) is 0 Å². The van der Waals surface area contributed by atoms with Gasteiger partial charge in [0.2, 0.25) is 0 Å². The monoisotopic (exact) mass is 752 g/mol. The second-order valence-corrected chi connectivity index (χ2v) is 15.0. The fourth-order valence-electron chi connectivity index (χ4n) is 8.27. The van der Waals surface area contributed by atoms with Crippen LogP contribution in [0.3, 0.4) is 0 Å². The van der Waals surface area contributed by atoms with Gasteiger partial charge in [0.1, 0.15) is 11.2 Å². The summed E-state index contributed by atoms with van der Waals surface area (Å²) in [6.07, 6.45) is 0. The van der Waals surface area contributed by atoms with E-state index >= 15 is 0 Å². The molecule has 11 rings (SSSR count). The third kappa shape index (κ3) is 6.55. The molecule has 0 amide bonds. The smallest absolute Gasteiger partial charge is 0.160 e. The topological polar surface area (TPSA) is 38.9 Å². The second kappa shape index (κ2) is 14.6. The Morgan fingerprint density at radius 2 is 0.746 bits per heavy atom. The molecule has 0 aliphatic carbocycles. The van der Waals surface area contributed by atoms with Crippen molar-refractivity contribution in [3.63, 3.8) is 0 Å². The molecule has 3 heteroatoms. The van der Waals surface area contributed by atoms with Gasteiger partial charge in [0.15, 0.2) is 5.82 Å². The highest BCUT2D eigenvalue weighted by atomic mass is 16.3. The number of hydrogen-bond acceptors (Lipinski definition) is 3.